The van der Waals surface area contributed by atoms with Crippen LogP contribution in [0.25, 0.3) is 0 Å². The van der Waals surface area contributed by atoms with Gasteiger partial charge in [-0.3, -0.25) is 9.69 Å². The molecule has 0 spiro atoms. The molecular weight excluding hydrogens is 222 g/mol. The third-order valence-electron chi connectivity index (χ3n) is 2.35. The number of carbonyl (C=O) groups excluding carboxylic acids is 1. The molecule has 94 valence electrons. The van der Waals surface area contributed by atoms with Crippen LogP contribution in [0.1, 0.15) is 34.1 Å². The minimum absolute atomic E-state index is 0.0973. The lowest BCUT2D eigenvalue weighted by Crippen LogP contribution is -2.42. The average molecular weight is 245 g/mol. The van der Waals surface area contributed by atoms with Crippen LogP contribution in [0.5, 0.6) is 0 Å². The highest BCUT2D eigenvalue weighted by Gasteiger charge is 2.12. The molecule has 0 fully saturated rings. The van der Waals surface area contributed by atoms with Crippen molar-refractivity contribution in [2.24, 2.45) is 5.73 Å². The van der Waals surface area contributed by atoms with E-state index in [2.05, 4.69) is 50.1 Å². The van der Waals surface area contributed by atoms with Crippen LogP contribution in [0.2, 0.25) is 0 Å². The highest BCUT2D eigenvalue weighted by molar-refractivity contribution is 7.80. The second-order valence-corrected chi connectivity index (χ2v) is 4.94. The zero-order chi connectivity index (χ0) is 12.7. The molecule has 16 heavy (non-hydrogen) atoms. The van der Waals surface area contributed by atoms with E-state index in [1.54, 1.807) is 0 Å². The Morgan fingerprint density at radius 1 is 1.31 bits per heavy atom. The lowest BCUT2D eigenvalue weighted by molar-refractivity contribution is -0.120. The summed E-state index contributed by atoms with van der Waals surface area (Å²) < 4.78 is 0. The molecule has 0 aliphatic rings. The molecule has 0 aliphatic carbocycles. The molecule has 0 atom stereocenters. The van der Waals surface area contributed by atoms with Crippen molar-refractivity contribution in [2.45, 2.75) is 46.2 Å². The third kappa shape index (κ3) is 6.74. The smallest absolute Gasteiger partial charge is 0.226 e. The Morgan fingerprint density at radius 3 is 2.19 bits per heavy atom. The van der Waals surface area contributed by atoms with Crippen molar-refractivity contribution in [3.63, 3.8) is 0 Å². The van der Waals surface area contributed by atoms with Gasteiger partial charge in [0.1, 0.15) is 0 Å². The van der Waals surface area contributed by atoms with Gasteiger partial charge in [0.05, 0.1) is 11.4 Å². The van der Waals surface area contributed by atoms with Crippen LogP contribution in [0.4, 0.5) is 0 Å². The van der Waals surface area contributed by atoms with Gasteiger partial charge in [0, 0.05) is 25.2 Å². The van der Waals surface area contributed by atoms with Crippen molar-refractivity contribution in [3.8, 4) is 0 Å². The average Bonchev–Trinajstić information content (AvgIpc) is 2.09. The van der Waals surface area contributed by atoms with Crippen molar-refractivity contribution >= 4 is 23.1 Å². The summed E-state index contributed by atoms with van der Waals surface area (Å²) in [7, 11) is 0. The summed E-state index contributed by atoms with van der Waals surface area (Å²) in [6, 6.07) is 0.958. The Balaban J connectivity index is 3.86. The number of carbonyl (C=O) groups is 1. The summed E-state index contributed by atoms with van der Waals surface area (Å²) in [5.41, 5.74) is 5.28. The zero-order valence-corrected chi connectivity index (χ0v) is 11.4. The van der Waals surface area contributed by atoms with Crippen LogP contribution in [0, 0.1) is 0 Å². The molecule has 1 amide bonds. The van der Waals surface area contributed by atoms with E-state index in [0.29, 0.717) is 18.6 Å². The van der Waals surface area contributed by atoms with E-state index in [1.165, 1.54) is 0 Å². The number of rotatable bonds is 7. The molecule has 0 bridgehead atoms. The van der Waals surface area contributed by atoms with Crippen molar-refractivity contribution in [1.82, 2.24) is 10.2 Å². The first kappa shape index (κ1) is 15.3. The van der Waals surface area contributed by atoms with Gasteiger partial charge in [0.2, 0.25) is 5.91 Å². The van der Waals surface area contributed by atoms with Gasteiger partial charge >= 0.3 is 0 Å². The molecule has 0 unspecified atom stereocenters. The summed E-state index contributed by atoms with van der Waals surface area (Å²) in [4.78, 5) is 13.8. The quantitative estimate of drug-likeness (QED) is 0.654. The SMILES string of the molecule is CC(C)N(CCNC(=O)CC(N)=S)C(C)C. The Morgan fingerprint density at radius 2 is 1.81 bits per heavy atom. The number of hydrogen-bond donors (Lipinski definition) is 2. The highest BCUT2D eigenvalue weighted by atomic mass is 32.1. The maximum Gasteiger partial charge on any atom is 0.226 e. The minimum Gasteiger partial charge on any atom is -0.393 e. The normalized spacial score (nSPS) is 11.2. The van der Waals surface area contributed by atoms with E-state index in [9.17, 15) is 4.79 Å². The van der Waals surface area contributed by atoms with Gasteiger partial charge in [-0.25, -0.2) is 0 Å². The number of thiocarbonyl (C=S) groups is 1. The molecule has 0 heterocycles. The van der Waals surface area contributed by atoms with Crippen LogP contribution >= 0.6 is 12.2 Å². The minimum atomic E-state index is -0.0973. The molecule has 0 saturated heterocycles. The van der Waals surface area contributed by atoms with Gasteiger partial charge in [0.15, 0.2) is 0 Å². The van der Waals surface area contributed by atoms with Gasteiger partial charge in [0.25, 0.3) is 0 Å². The maximum absolute atomic E-state index is 11.3. The molecule has 0 rings (SSSR count). The largest absolute Gasteiger partial charge is 0.393 e. The monoisotopic (exact) mass is 245 g/mol. The van der Waals surface area contributed by atoms with Crippen LogP contribution in [0.3, 0.4) is 0 Å². The van der Waals surface area contributed by atoms with Crippen LogP contribution in [0.15, 0.2) is 0 Å². The van der Waals surface area contributed by atoms with E-state index in [0.717, 1.165) is 6.54 Å². The number of nitrogens with two attached hydrogens (primary N) is 1. The Bertz CT molecular complexity index is 233. The number of amides is 1. The first-order valence-electron chi connectivity index (χ1n) is 5.65. The Labute approximate surface area is 104 Å². The third-order valence-corrected chi connectivity index (χ3v) is 2.50. The van der Waals surface area contributed by atoms with Gasteiger partial charge < -0.3 is 11.1 Å². The van der Waals surface area contributed by atoms with E-state index < -0.39 is 0 Å². The van der Waals surface area contributed by atoms with E-state index in [1.807, 2.05) is 0 Å². The van der Waals surface area contributed by atoms with Gasteiger partial charge in [-0.15, -0.1) is 0 Å². The maximum atomic E-state index is 11.3. The summed E-state index contributed by atoms with van der Waals surface area (Å²) in [5.74, 6) is -0.0973. The van der Waals surface area contributed by atoms with E-state index in [4.69, 9.17) is 5.73 Å². The van der Waals surface area contributed by atoms with Gasteiger partial charge in [-0.1, -0.05) is 12.2 Å². The molecule has 0 aromatic heterocycles. The fourth-order valence-electron chi connectivity index (χ4n) is 1.66. The molecule has 0 aromatic rings. The molecule has 3 N–H and O–H groups in total. The van der Waals surface area contributed by atoms with Crippen molar-refractivity contribution < 1.29 is 4.79 Å². The summed E-state index contributed by atoms with van der Waals surface area (Å²) in [6.45, 7) is 10.1. The van der Waals surface area contributed by atoms with Gasteiger partial charge in [-0.05, 0) is 27.7 Å². The molecule has 4 nitrogen and oxygen atoms in total. The number of hydrogen-bond acceptors (Lipinski definition) is 3. The van der Waals surface area contributed by atoms with E-state index in [-0.39, 0.29) is 17.3 Å². The van der Waals surface area contributed by atoms with Crippen LogP contribution in [-0.2, 0) is 4.79 Å². The molecule has 5 heteroatoms. The molecule has 0 aromatic carbocycles. The lowest BCUT2D eigenvalue weighted by atomic mass is 10.2. The van der Waals surface area contributed by atoms with Crippen LogP contribution in [-0.4, -0.2) is 41.0 Å². The second kappa shape index (κ2) is 7.57. The van der Waals surface area contributed by atoms with Crippen molar-refractivity contribution in [2.75, 3.05) is 13.1 Å². The van der Waals surface area contributed by atoms with E-state index >= 15 is 0 Å². The lowest BCUT2D eigenvalue weighted by Gasteiger charge is -2.30. The fourth-order valence-corrected chi connectivity index (χ4v) is 1.79. The fraction of sp³-hybridized carbons (Fsp3) is 0.818. The molecule has 0 aliphatic heterocycles. The molecule has 0 radical (unpaired) electrons. The second-order valence-electron chi connectivity index (χ2n) is 4.42. The summed E-state index contributed by atoms with van der Waals surface area (Å²) >= 11 is 4.66. The topological polar surface area (TPSA) is 58.4 Å². The predicted octanol–water partition coefficient (Wildman–Crippen LogP) is 0.898. The van der Waals surface area contributed by atoms with Crippen LogP contribution < -0.4 is 11.1 Å². The Hall–Kier alpha value is -0.680. The number of nitrogens with one attached hydrogen (secondary N) is 1. The first-order valence-corrected chi connectivity index (χ1v) is 6.06. The number of nitrogens with zero attached hydrogens (tertiary/aromatic N) is 1. The predicted molar refractivity (Wildman–Crippen MR) is 71.4 cm³/mol. The zero-order valence-electron chi connectivity index (χ0n) is 10.6. The van der Waals surface area contributed by atoms with Crippen molar-refractivity contribution in [3.05, 3.63) is 0 Å². The first-order chi connectivity index (χ1) is 7.34. The highest BCUT2D eigenvalue weighted by Crippen LogP contribution is 2.03. The Kier molecular flexibility index (Phi) is 7.25. The summed E-state index contributed by atoms with van der Waals surface area (Å²) in [6.07, 6.45) is 0.138. The summed E-state index contributed by atoms with van der Waals surface area (Å²) in [5, 5.41) is 2.81. The van der Waals surface area contributed by atoms with Crippen molar-refractivity contribution in [1.29, 1.82) is 0 Å². The standard InChI is InChI=1S/C11H23N3OS/c1-8(2)14(9(3)4)6-5-13-11(15)7-10(12)16/h8-9H,5-7H2,1-4H3,(H2,12,16)(H,13,15). The van der Waals surface area contributed by atoms with Gasteiger partial charge in [-0.2, -0.15) is 0 Å². The molecule has 0 saturated carbocycles. The molecular formula is C11H23N3OS.